The molecule has 0 spiro atoms. The average Bonchev–Trinajstić information content (AvgIpc) is 2.92. The molecular weight excluding hydrogens is 254 g/mol. The van der Waals surface area contributed by atoms with Crippen molar-refractivity contribution in [3.8, 4) is 5.75 Å². The van der Waals surface area contributed by atoms with Gasteiger partial charge in [0.2, 0.25) is 0 Å². The van der Waals surface area contributed by atoms with Crippen LogP contribution in [0.25, 0.3) is 0 Å². The van der Waals surface area contributed by atoms with Crippen LogP contribution in [-0.2, 0) is 13.0 Å². The lowest BCUT2D eigenvalue weighted by Crippen LogP contribution is -2.10. The molecule has 0 saturated heterocycles. The van der Waals surface area contributed by atoms with E-state index in [1.165, 1.54) is 9.75 Å². The van der Waals surface area contributed by atoms with Crippen LogP contribution >= 0.6 is 11.3 Å². The molecule has 0 saturated carbocycles. The molecule has 0 aliphatic heterocycles. The minimum absolute atomic E-state index is 0.0470. The second kappa shape index (κ2) is 6.73. The van der Waals surface area contributed by atoms with Crippen molar-refractivity contribution in [2.45, 2.75) is 39.3 Å². The van der Waals surface area contributed by atoms with Gasteiger partial charge in [-0.1, -0.05) is 32.0 Å². The Morgan fingerprint density at radius 3 is 2.53 bits per heavy atom. The quantitative estimate of drug-likeness (QED) is 0.853. The third-order valence-corrected chi connectivity index (χ3v) is 4.40. The average molecular weight is 275 g/mol. The van der Waals surface area contributed by atoms with Gasteiger partial charge in [0.05, 0.1) is 0 Å². The van der Waals surface area contributed by atoms with Gasteiger partial charge in [-0.25, -0.2) is 0 Å². The SMILES string of the molecule is CCc1ccc(COc2ccccc2[C@H](N)CC)s1. The fourth-order valence-electron chi connectivity index (χ4n) is 1.98. The van der Waals surface area contributed by atoms with E-state index in [4.69, 9.17) is 10.5 Å². The van der Waals surface area contributed by atoms with Crippen molar-refractivity contribution < 1.29 is 4.74 Å². The van der Waals surface area contributed by atoms with Crippen LogP contribution in [0.3, 0.4) is 0 Å². The summed E-state index contributed by atoms with van der Waals surface area (Å²) in [5.74, 6) is 0.906. The zero-order valence-corrected chi connectivity index (χ0v) is 12.4. The van der Waals surface area contributed by atoms with Crippen molar-refractivity contribution >= 4 is 11.3 Å². The Morgan fingerprint density at radius 1 is 1.11 bits per heavy atom. The minimum Gasteiger partial charge on any atom is -0.488 e. The highest BCUT2D eigenvalue weighted by Crippen LogP contribution is 2.27. The molecule has 0 amide bonds. The summed E-state index contributed by atoms with van der Waals surface area (Å²) < 4.78 is 5.93. The number of rotatable bonds is 6. The van der Waals surface area contributed by atoms with Crippen LogP contribution in [0.1, 0.15) is 41.6 Å². The van der Waals surface area contributed by atoms with E-state index in [1.807, 2.05) is 29.5 Å². The molecule has 19 heavy (non-hydrogen) atoms. The maximum absolute atomic E-state index is 6.11. The van der Waals surface area contributed by atoms with Crippen LogP contribution in [0.2, 0.25) is 0 Å². The first-order chi connectivity index (χ1) is 9.24. The van der Waals surface area contributed by atoms with E-state index in [9.17, 15) is 0 Å². The van der Waals surface area contributed by atoms with Gasteiger partial charge in [0.25, 0.3) is 0 Å². The highest BCUT2D eigenvalue weighted by molar-refractivity contribution is 7.11. The van der Waals surface area contributed by atoms with E-state index in [-0.39, 0.29) is 6.04 Å². The van der Waals surface area contributed by atoms with Gasteiger partial charge < -0.3 is 10.5 Å². The maximum Gasteiger partial charge on any atom is 0.124 e. The molecule has 1 aromatic heterocycles. The van der Waals surface area contributed by atoms with Crippen molar-refractivity contribution in [2.75, 3.05) is 0 Å². The van der Waals surface area contributed by atoms with Crippen LogP contribution in [-0.4, -0.2) is 0 Å². The number of benzene rings is 1. The van der Waals surface area contributed by atoms with Gasteiger partial charge in [0.15, 0.2) is 0 Å². The third kappa shape index (κ3) is 3.58. The van der Waals surface area contributed by atoms with Crippen molar-refractivity contribution in [3.63, 3.8) is 0 Å². The predicted molar refractivity (Wildman–Crippen MR) is 81.7 cm³/mol. The number of hydrogen-bond acceptors (Lipinski definition) is 3. The molecule has 0 unspecified atom stereocenters. The van der Waals surface area contributed by atoms with Gasteiger partial charge in [0, 0.05) is 21.4 Å². The summed E-state index contributed by atoms with van der Waals surface area (Å²) in [7, 11) is 0. The first-order valence-corrected chi connectivity index (χ1v) is 7.61. The van der Waals surface area contributed by atoms with E-state index in [0.717, 1.165) is 24.2 Å². The van der Waals surface area contributed by atoms with Crippen molar-refractivity contribution in [3.05, 3.63) is 51.7 Å². The van der Waals surface area contributed by atoms with Gasteiger partial charge >= 0.3 is 0 Å². The minimum atomic E-state index is 0.0470. The molecule has 102 valence electrons. The normalized spacial score (nSPS) is 12.4. The molecule has 0 aliphatic carbocycles. The van der Waals surface area contributed by atoms with Gasteiger partial charge in [-0.15, -0.1) is 11.3 Å². The van der Waals surface area contributed by atoms with E-state index < -0.39 is 0 Å². The summed E-state index contributed by atoms with van der Waals surface area (Å²) in [6.45, 7) is 4.89. The Labute approximate surface area is 119 Å². The highest BCUT2D eigenvalue weighted by atomic mass is 32.1. The topological polar surface area (TPSA) is 35.2 Å². The zero-order valence-electron chi connectivity index (χ0n) is 11.6. The summed E-state index contributed by atoms with van der Waals surface area (Å²) >= 11 is 1.82. The smallest absolute Gasteiger partial charge is 0.124 e. The fraction of sp³-hybridized carbons (Fsp3) is 0.375. The Bertz CT molecular complexity index is 521. The zero-order chi connectivity index (χ0) is 13.7. The van der Waals surface area contributed by atoms with Crippen LogP contribution in [0.15, 0.2) is 36.4 Å². The van der Waals surface area contributed by atoms with Crippen LogP contribution < -0.4 is 10.5 Å². The molecule has 2 nitrogen and oxygen atoms in total. The van der Waals surface area contributed by atoms with Crippen molar-refractivity contribution in [1.82, 2.24) is 0 Å². The summed E-state index contributed by atoms with van der Waals surface area (Å²) in [4.78, 5) is 2.66. The lowest BCUT2D eigenvalue weighted by Gasteiger charge is -2.15. The summed E-state index contributed by atoms with van der Waals surface area (Å²) in [6, 6.07) is 12.4. The number of thiophene rings is 1. The summed E-state index contributed by atoms with van der Waals surface area (Å²) in [6.07, 6.45) is 2.00. The van der Waals surface area contributed by atoms with Gasteiger partial charge in [-0.2, -0.15) is 0 Å². The molecule has 2 aromatic rings. The van der Waals surface area contributed by atoms with Gasteiger partial charge in [-0.3, -0.25) is 0 Å². The van der Waals surface area contributed by atoms with E-state index >= 15 is 0 Å². The Balaban J connectivity index is 2.06. The van der Waals surface area contributed by atoms with E-state index in [2.05, 4.69) is 32.0 Å². The standard InChI is InChI=1S/C16H21NOS/c1-3-12-9-10-13(19-12)11-18-16-8-6-5-7-14(16)15(17)4-2/h5-10,15H,3-4,11,17H2,1-2H3/t15-/m1/s1. The molecule has 1 atom stereocenters. The van der Waals surface area contributed by atoms with Crippen LogP contribution in [0.5, 0.6) is 5.75 Å². The van der Waals surface area contributed by atoms with Crippen LogP contribution in [0.4, 0.5) is 0 Å². The molecule has 0 aliphatic rings. The first-order valence-electron chi connectivity index (χ1n) is 6.79. The first kappa shape index (κ1) is 14.1. The molecular formula is C16H21NOS. The molecule has 2 N–H and O–H groups in total. The van der Waals surface area contributed by atoms with Gasteiger partial charge in [0.1, 0.15) is 12.4 Å². The highest BCUT2D eigenvalue weighted by Gasteiger charge is 2.10. The molecule has 1 heterocycles. The van der Waals surface area contributed by atoms with Crippen molar-refractivity contribution in [2.24, 2.45) is 5.73 Å². The number of ether oxygens (including phenoxy) is 1. The number of nitrogens with two attached hydrogens (primary N) is 1. The second-order valence-electron chi connectivity index (χ2n) is 4.56. The Kier molecular flexibility index (Phi) is 5.00. The maximum atomic E-state index is 6.11. The van der Waals surface area contributed by atoms with E-state index in [1.54, 1.807) is 0 Å². The molecule has 0 radical (unpaired) electrons. The molecule has 0 fully saturated rings. The Hall–Kier alpha value is -1.32. The van der Waals surface area contributed by atoms with E-state index in [0.29, 0.717) is 6.61 Å². The second-order valence-corrected chi connectivity index (χ2v) is 5.82. The van der Waals surface area contributed by atoms with Crippen LogP contribution in [0, 0.1) is 0 Å². The lowest BCUT2D eigenvalue weighted by molar-refractivity contribution is 0.304. The Morgan fingerprint density at radius 2 is 1.84 bits per heavy atom. The number of aryl methyl sites for hydroxylation is 1. The van der Waals surface area contributed by atoms with Crippen molar-refractivity contribution in [1.29, 1.82) is 0 Å². The number of para-hydroxylation sites is 1. The predicted octanol–water partition coefficient (Wildman–Crippen LogP) is 4.30. The molecule has 0 bridgehead atoms. The molecule has 1 aromatic carbocycles. The molecule has 3 heteroatoms. The fourth-order valence-corrected chi connectivity index (χ4v) is 2.85. The monoisotopic (exact) mass is 275 g/mol. The largest absolute Gasteiger partial charge is 0.488 e. The number of hydrogen-bond donors (Lipinski definition) is 1. The van der Waals surface area contributed by atoms with Gasteiger partial charge in [-0.05, 0) is 31.0 Å². The lowest BCUT2D eigenvalue weighted by atomic mass is 10.0. The summed E-state index contributed by atoms with van der Waals surface area (Å²) in [5, 5.41) is 0. The molecule has 2 rings (SSSR count). The third-order valence-electron chi connectivity index (χ3n) is 3.19. The summed E-state index contributed by atoms with van der Waals surface area (Å²) in [5.41, 5.74) is 7.21.